The predicted molar refractivity (Wildman–Crippen MR) is 104 cm³/mol. The Morgan fingerprint density at radius 2 is 1.96 bits per heavy atom. The van der Waals surface area contributed by atoms with E-state index in [1.807, 2.05) is 4.90 Å². The van der Waals surface area contributed by atoms with Gasteiger partial charge in [-0.05, 0) is 37.0 Å². The van der Waals surface area contributed by atoms with Gasteiger partial charge in [0.2, 0.25) is 0 Å². The summed E-state index contributed by atoms with van der Waals surface area (Å²) < 4.78 is 15.4. The molecule has 8 nitrogen and oxygen atoms in total. The van der Waals surface area contributed by atoms with Gasteiger partial charge < -0.3 is 29.4 Å². The molecule has 1 fully saturated rings. The minimum atomic E-state index is -0.291. The first-order valence-electron chi connectivity index (χ1n) is 9.19. The highest BCUT2D eigenvalue weighted by Crippen LogP contribution is 2.29. The third-order valence-corrected chi connectivity index (χ3v) is 4.88. The molecule has 0 unspecified atom stereocenters. The molecule has 3 rings (SSSR count). The number of carbonyl (C=O) groups excluding carboxylic acids is 2. The number of rotatable bonds is 6. The molecule has 3 amide bonds. The van der Waals surface area contributed by atoms with Crippen molar-refractivity contribution in [2.75, 3.05) is 39.2 Å². The maximum absolute atomic E-state index is 12.3. The number of likely N-dealkylation sites (tertiary alicyclic amines) is 1. The molecule has 1 aliphatic heterocycles. The lowest BCUT2D eigenvalue weighted by Gasteiger charge is -2.31. The first-order chi connectivity index (χ1) is 13.6. The normalized spacial score (nSPS) is 14.4. The molecule has 8 heteroatoms. The molecule has 0 atom stereocenters. The number of amides is 3. The van der Waals surface area contributed by atoms with Crippen LogP contribution in [0.3, 0.4) is 0 Å². The van der Waals surface area contributed by atoms with Crippen molar-refractivity contribution in [2.24, 2.45) is 5.92 Å². The van der Waals surface area contributed by atoms with Gasteiger partial charge in [0.05, 0.1) is 31.7 Å². The summed E-state index contributed by atoms with van der Waals surface area (Å²) in [5, 5.41) is 5.69. The lowest BCUT2D eigenvalue weighted by molar-refractivity contribution is 0.0690. The van der Waals surface area contributed by atoms with Crippen LogP contribution in [0.15, 0.2) is 41.2 Å². The van der Waals surface area contributed by atoms with Crippen molar-refractivity contribution in [1.29, 1.82) is 0 Å². The van der Waals surface area contributed by atoms with Crippen molar-refractivity contribution in [3.05, 3.63) is 42.4 Å². The number of furan rings is 1. The van der Waals surface area contributed by atoms with E-state index in [1.165, 1.54) is 19.6 Å². The lowest BCUT2D eigenvalue weighted by Crippen LogP contribution is -2.42. The molecule has 1 aromatic heterocycles. The number of piperidine rings is 1. The summed E-state index contributed by atoms with van der Waals surface area (Å²) in [6.45, 7) is 1.90. The molecule has 0 bridgehead atoms. The Kier molecular flexibility index (Phi) is 6.41. The zero-order valence-corrected chi connectivity index (χ0v) is 16.1. The van der Waals surface area contributed by atoms with Crippen molar-refractivity contribution in [3.8, 4) is 11.5 Å². The minimum Gasteiger partial charge on any atom is -0.497 e. The Bertz CT molecular complexity index is 798. The van der Waals surface area contributed by atoms with Gasteiger partial charge in [0.1, 0.15) is 17.8 Å². The predicted octanol–water partition coefficient (Wildman–Crippen LogP) is 2.97. The summed E-state index contributed by atoms with van der Waals surface area (Å²) in [7, 11) is 3.11. The van der Waals surface area contributed by atoms with Gasteiger partial charge in [0, 0.05) is 25.7 Å². The molecule has 150 valence electrons. The summed E-state index contributed by atoms with van der Waals surface area (Å²) in [5.74, 6) is 1.50. The molecule has 2 heterocycles. The van der Waals surface area contributed by atoms with E-state index in [-0.39, 0.29) is 11.9 Å². The SMILES string of the molecule is COc1ccc(NC(=O)NCC2CCN(C(=O)c3ccoc3)CC2)c(OC)c1. The standard InChI is InChI=1S/C20H25N3O5/c1-26-16-3-4-17(18(11-16)27-2)22-20(25)21-12-14-5-8-23(9-6-14)19(24)15-7-10-28-13-15/h3-4,7,10-11,13-14H,5-6,8-9,12H2,1-2H3,(H2,21,22,25). The number of benzene rings is 1. The van der Waals surface area contributed by atoms with Crippen LogP contribution in [-0.4, -0.2) is 50.7 Å². The topological polar surface area (TPSA) is 93.0 Å². The second-order valence-corrected chi connectivity index (χ2v) is 6.65. The number of hydrogen-bond acceptors (Lipinski definition) is 5. The smallest absolute Gasteiger partial charge is 0.319 e. The third-order valence-electron chi connectivity index (χ3n) is 4.88. The van der Waals surface area contributed by atoms with Crippen LogP contribution in [0.25, 0.3) is 0 Å². The van der Waals surface area contributed by atoms with Crippen molar-refractivity contribution in [1.82, 2.24) is 10.2 Å². The van der Waals surface area contributed by atoms with E-state index in [0.29, 0.717) is 48.3 Å². The van der Waals surface area contributed by atoms with Crippen LogP contribution in [0.1, 0.15) is 23.2 Å². The third kappa shape index (κ3) is 4.76. The average molecular weight is 387 g/mol. The van der Waals surface area contributed by atoms with Gasteiger partial charge in [-0.3, -0.25) is 4.79 Å². The summed E-state index contributed by atoms with van der Waals surface area (Å²) in [6, 6.07) is 6.58. The highest BCUT2D eigenvalue weighted by molar-refractivity contribution is 5.94. The maximum atomic E-state index is 12.3. The molecule has 0 saturated carbocycles. The number of urea groups is 1. The number of methoxy groups -OCH3 is 2. The van der Waals surface area contributed by atoms with Crippen molar-refractivity contribution >= 4 is 17.6 Å². The quantitative estimate of drug-likeness (QED) is 0.795. The first kappa shape index (κ1) is 19.6. The summed E-state index contributed by atoms with van der Waals surface area (Å²) >= 11 is 0. The number of hydrogen-bond donors (Lipinski definition) is 2. The maximum Gasteiger partial charge on any atom is 0.319 e. The largest absolute Gasteiger partial charge is 0.497 e. The second kappa shape index (κ2) is 9.16. The van der Waals surface area contributed by atoms with Crippen LogP contribution in [0.4, 0.5) is 10.5 Å². The van der Waals surface area contributed by atoms with Crippen LogP contribution < -0.4 is 20.1 Å². The molecule has 0 aliphatic carbocycles. The Hall–Kier alpha value is -3.16. The van der Waals surface area contributed by atoms with E-state index in [1.54, 1.807) is 31.4 Å². The lowest BCUT2D eigenvalue weighted by atomic mass is 9.96. The number of nitrogens with one attached hydrogen (secondary N) is 2. The van der Waals surface area contributed by atoms with Crippen LogP contribution in [0.2, 0.25) is 0 Å². The van der Waals surface area contributed by atoms with E-state index in [9.17, 15) is 9.59 Å². The molecule has 2 aromatic rings. The van der Waals surface area contributed by atoms with E-state index < -0.39 is 0 Å². The molecule has 0 radical (unpaired) electrons. The van der Waals surface area contributed by atoms with Crippen LogP contribution in [0, 0.1) is 5.92 Å². The second-order valence-electron chi connectivity index (χ2n) is 6.65. The minimum absolute atomic E-state index is 0.00972. The zero-order chi connectivity index (χ0) is 19.9. The molecular weight excluding hydrogens is 362 g/mol. The summed E-state index contributed by atoms with van der Waals surface area (Å²) in [6.07, 6.45) is 4.65. The molecule has 1 aromatic carbocycles. The van der Waals surface area contributed by atoms with Gasteiger partial charge in [0.15, 0.2) is 0 Å². The summed E-state index contributed by atoms with van der Waals surface area (Å²) in [4.78, 5) is 26.4. The fraction of sp³-hybridized carbons (Fsp3) is 0.400. The first-order valence-corrected chi connectivity index (χ1v) is 9.19. The van der Waals surface area contributed by atoms with Crippen LogP contribution in [0.5, 0.6) is 11.5 Å². The monoisotopic (exact) mass is 387 g/mol. The molecule has 1 saturated heterocycles. The van der Waals surface area contributed by atoms with Crippen molar-refractivity contribution in [2.45, 2.75) is 12.8 Å². The van der Waals surface area contributed by atoms with Gasteiger partial charge in [-0.25, -0.2) is 4.79 Å². The summed E-state index contributed by atoms with van der Waals surface area (Å²) in [5.41, 5.74) is 1.14. The molecular formula is C20H25N3O5. The van der Waals surface area contributed by atoms with E-state index >= 15 is 0 Å². The number of nitrogens with zero attached hydrogens (tertiary/aromatic N) is 1. The van der Waals surface area contributed by atoms with Gasteiger partial charge in [0.25, 0.3) is 5.91 Å². The Labute approximate surface area is 163 Å². The average Bonchev–Trinajstić information content (AvgIpc) is 3.27. The fourth-order valence-corrected chi connectivity index (χ4v) is 3.21. The number of carbonyl (C=O) groups is 2. The molecule has 28 heavy (non-hydrogen) atoms. The zero-order valence-electron chi connectivity index (χ0n) is 16.1. The van der Waals surface area contributed by atoms with E-state index in [0.717, 1.165) is 12.8 Å². The van der Waals surface area contributed by atoms with Crippen LogP contribution in [-0.2, 0) is 0 Å². The molecule has 1 aliphatic rings. The number of anilines is 1. The highest BCUT2D eigenvalue weighted by atomic mass is 16.5. The number of ether oxygens (including phenoxy) is 2. The highest BCUT2D eigenvalue weighted by Gasteiger charge is 2.24. The molecule has 2 N–H and O–H groups in total. The van der Waals surface area contributed by atoms with Gasteiger partial charge >= 0.3 is 6.03 Å². The van der Waals surface area contributed by atoms with Gasteiger partial charge in [-0.15, -0.1) is 0 Å². The molecule has 0 spiro atoms. The van der Waals surface area contributed by atoms with Crippen LogP contribution >= 0.6 is 0 Å². The Balaban J connectivity index is 1.44. The fourth-order valence-electron chi connectivity index (χ4n) is 3.21. The van der Waals surface area contributed by atoms with Gasteiger partial charge in [-0.2, -0.15) is 0 Å². The van der Waals surface area contributed by atoms with Crippen molar-refractivity contribution < 1.29 is 23.5 Å². The van der Waals surface area contributed by atoms with E-state index in [4.69, 9.17) is 13.9 Å². The Morgan fingerprint density at radius 3 is 2.61 bits per heavy atom. The van der Waals surface area contributed by atoms with Gasteiger partial charge in [-0.1, -0.05) is 0 Å². The Morgan fingerprint density at radius 1 is 1.18 bits per heavy atom. The van der Waals surface area contributed by atoms with E-state index in [2.05, 4.69) is 10.6 Å². The van der Waals surface area contributed by atoms with Crippen molar-refractivity contribution in [3.63, 3.8) is 0 Å².